The van der Waals surface area contributed by atoms with Crippen molar-refractivity contribution >= 4 is 11.7 Å². The predicted molar refractivity (Wildman–Crippen MR) is 110 cm³/mol. The average Bonchev–Trinajstić information content (AvgIpc) is 3.03. The molecule has 29 heavy (non-hydrogen) atoms. The van der Waals surface area contributed by atoms with Crippen molar-refractivity contribution in [3.05, 3.63) is 46.3 Å². The Kier molecular flexibility index (Phi) is 4.30. The molecule has 2 N–H and O–H groups in total. The Labute approximate surface area is 170 Å². The van der Waals surface area contributed by atoms with Gasteiger partial charge in [0.2, 0.25) is 5.88 Å². The maximum absolute atomic E-state index is 13.3. The minimum atomic E-state index is -0.320. The van der Waals surface area contributed by atoms with Crippen LogP contribution in [0.4, 0.5) is 5.88 Å². The number of rotatable bonds is 2. The number of aromatic nitrogens is 1. The molecular weight excluding hydrogens is 368 g/mol. The molecule has 2 aliphatic rings. The monoisotopic (exact) mass is 396 g/mol. The largest absolute Gasteiger partial charge is 0.504 e. The van der Waals surface area contributed by atoms with Gasteiger partial charge >= 0.3 is 0 Å². The van der Waals surface area contributed by atoms with E-state index in [2.05, 4.69) is 45.1 Å². The van der Waals surface area contributed by atoms with E-state index in [1.54, 1.807) is 12.1 Å². The van der Waals surface area contributed by atoms with Crippen LogP contribution >= 0.6 is 0 Å². The number of nitrogens with one attached hydrogen (secondary N) is 1. The number of phenols is 1. The molecule has 1 aromatic carbocycles. The number of carbonyl (C=O) groups is 1. The fourth-order valence-electron chi connectivity index (χ4n) is 4.47. The van der Waals surface area contributed by atoms with Crippen molar-refractivity contribution in [3.8, 4) is 11.5 Å². The van der Waals surface area contributed by atoms with Gasteiger partial charge in [-0.2, -0.15) is 0 Å². The van der Waals surface area contributed by atoms with Gasteiger partial charge in [-0.25, -0.2) is 0 Å². The Morgan fingerprint density at radius 1 is 1.28 bits per heavy atom. The van der Waals surface area contributed by atoms with Crippen LogP contribution in [-0.4, -0.2) is 23.2 Å². The number of benzene rings is 1. The molecule has 0 saturated heterocycles. The number of fused-ring (bicyclic) bond motifs is 1. The summed E-state index contributed by atoms with van der Waals surface area (Å²) in [5, 5.41) is 17.8. The maximum atomic E-state index is 13.3. The highest BCUT2D eigenvalue weighted by Crippen LogP contribution is 2.52. The van der Waals surface area contributed by atoms with Gasteiger partial charge in [0.05, 0.1) is 18.4 Å². The van der Waals surface area contributed by atoms with Crippen molar-refractivity contribution in [3.63, 3.8) is 0 Å². The lowest BCUT2D eigenvalue weighted by Gasteiger charge is -2.38. The number of methoxy groups -OCH3 is 1. The number of anilines is 1. The van der Waals surface area contributed by atoms with Crippen LogP contribution in [0.25, 0.3) is 0 Å². The Balaban J connectivity index is 1.98. The zero-order valence-corrected chi connectivity index (χ0v) is 17.8. The van der Waals surface area contributed by atoms with Gasteiger partial charge in [-0.3, -0.25) is 4.79 Å². The summed E-state index contributed by atoms with van der Waals surface area (Å²) < 4.78 is 11.0. The summed E-state index contributed by atoms with van der Waals surface area (Å²) in [6.07, 6.45) is 1.25. The Hall–Kier alpha value is -2.76. The fourth-order valence-corrected chi connectivity index (χ4v) is 4.47. The molecule has 1 aliphatic heterocycles. The third kappa shape index (κ3) is 3.20. The molecule has 6 heteroatoms. The Morgan fingerprint density at radius 3 is 2.66 bits per heavy atom. The molecule has 0 fully saturated rings. The molecule has 1 aromatic heterocycles. The number of hydrogen-bond donors (Lipinski definition) is 2. The van der Waals surface area contributed by atoms with Gasteiger partial charge in [0.1, 0.15) is 0 Å². The SMILES string of the molecule is COc1cc(C2C3=C(CC(C)(C)CC3=O)Nc3onc(C(C)(C)C)c32)ccc1O. The standard InChI is InChI=1S/C23H28N2O4/c1-22(2,3)20-19-17(12-7-8-14(26)16(9-12)28-6)18-13(24-21(19)29-25-20)10-23(4,5)11-15(18)27/h7-9,17,24,26H,10-11H2,1-6H3. The van der Waals surface area contributed by atoms with Crippen LogP contribution in [-0.2, 0) is 10.2 Å². The van der Waals surface area contributed by atoms with Crippen LogP contribution < -0.4 is 10.1 Å². The van der Waals surface area contributed by atoms with E-state index >= 15 is 0 Å². The normalized spacial score (nSPS) is 20.8. The molecular formula is C23H28N2O4. The van der Waals surface area contributed by atoms with E-state index in [4.69, 9.17) is 9.26 Å². The van der Waals surface area contributed by atoms with Crippen LogP contribution in [0.5, 0.6) is 11.5 Å². The van der Waals surface area contributed by atoms with E-state index in [9.17, 15) is 9.90 Å². The number of allylic oxidation sites excluding steroid dienone is 2. The molecule has 6 nitrogen and oxygen atoms in total. The third-order valence-electron chi connectivity index (χ3n) is 5.74. The number of ether oxygens (including phenoxy) is 1. The molecule has 0 saturated carbocycles. The van der Waals surface area contributed by atoms with Crippen molar-refractivity contribution in [1.29, 1.82) is 0 Å². The number of aromatic hydroxyl groups is 1. The molecule has 1 atom stereocenters. The molecule has 0 radical (unpaired) electrons. The van der Waals surface area contributed by atoms with Crippen LogP contribution in [0.3, 0.4) is 0 Å². The second-order valence-corrected chi connectivity index (χ2v) is 9.85. The molecule has 0 spiro atoms. The number of carbonyl (C=O) groups excluding carboxylic acids is 1. The van der Waals surface area contributed by atoms with Crippen molar-refractivity contribution in [2.45, 2.75) is 58.8 Å². The summed E-state index contributed by atoms with van der Waals surface area (Å²) in [6, 6.07) is 5.25. The molecule has 2 aromatic rings. The first-order valence-electron chi connectivity index (χ1n) is 9.92. The lowest BCUT2D eigenvalue weighted by Crippen LogP contribution is -2.34. The lowest BCUT2D eigenvalue weighted by atomic mass is 9.68. The number of phenolic OH excluding ortho intramolecular Hbond substituents is 1. The van der Waals surface area contributed by atoms with Gasteiger partial charge in [-0.1, -0.05) is 45.8 Å². The lowest BCUT2D eigenvalue weighted by molar-refractivity contribution is -0.118. The highest BCUT2D eigenvalue weighted by atomic mass is 16.5. The van der Waals surface area contributed by atoms with E-state index in [-0.39, 0.29) is 28.3 Å². The van der Waals surface area contributed by atoms with E-state index in [1.165, 1.54) is 7.11 Å². The van der Waals surface area contributed by atoms with E-state index < -0.39 is 0 Å². The number of nitrogens with zero attached hydrogens (tertiary/aromatic N) is 1. The van der Waals surface area contributed by atoms with Crippen LogP contribution in [0.2, 0.25) is 0 Å². The van der Waals surface area contributed by atoms with Gasteiger partial charge in [0.25, 0.3) is 0 Å². The predicted octanol–water partition coefficient (Wildman–Crippen LogP) is 4.89. The average molecular weight is 396 g/mol. The number of hydrogen-bond acceptors (Lipinski definition) is 6. The van der Waals surface area contributed by atoms with Crippen LogP contribution in [0.1, 0.15) is 70.2 Å². The summed E-state index contributed by atoms with van der Waals surface area (Å²) in [7, 11) is 1.52. The molecule has 4 rings (SSSR count). The molecule has 1 unspecified atom stereocenters. The minimum absolute atomic E-state index is 0.0667. The zero-order valence-electron chi connectivity index (χ0n) is 17.8. The fraction of sp³-hybridized carbons (Fsp3) is 0.478. The van der Waals surface area contributed by atoms with Gasteiger partial charge in [0.15, 0.2) is 17.3 Å². The summed E-state index contributed by atoms with van der Waals surface area (Å²) in [5.74, 6) is 0.850. The third-order valence-corrected chi connectivity index (χ3v) is 5.74. The van der Waals surface area contributed by atoms with Crippen molar-refractivity contribution in [1.82, 2.24) is 5.16 Å². The highest BCUT2D eigenvalue weighted by molar-refractivity contribution is 6.01. The minimum Gasteiger partial charge on any atom is -0.504 e. The van der Waals surface area contributed by atoms with Crippen molar-refractivity contribution in [2.75, 3.05) is 12.4 Å². The second kappa shape index (κ2) is 6.37. The first-order chi connectivity index (χ1) is 13.5. The van der Waals surface area contributed by atoms with E-state index in [0.717, 1.165) is 34.5 Å². The van der Waals surface area contributed by atoms with Crippen molar-refractivity contribution < 1.29 is 19.2 Å². The van der Waals surface area contributed by atoms with Crippen LogP contribution in [0, 0.1) is 5.41 Å². The maximum Gasteiger partial charge on any atom is 0.233 e. The Morgan fingerprint density at radius 2 is 2.00 bits per heavy atom. The topological polar surface area (TPSA) is 84.6 Å². The molecule has 2 heterocycles. The Bertz CT molecular complexity index is 1020. The first kappa shape index (κ1) is 19.6. The summed E-state index contributed by atoms with van der Waals surface area (Å²) in [4.78, 5) is 13.3. The van der Waals surface area contributed by atoms with E-state index in [0.29, 0.717) is 18.1 Å². The number of ketones is 1. The quantitative estimate of drug-likeness (QED) is 0.752. The summed E-state index contributed by atoms with van der Waals surface area (Å²) >= 11 is 0. The molecule has 0 bridgehead atoms. The van der Waals surface area contributed by atoms with E-state index in [1.807, 2.05) is 6.07 Å². The first-order valence-corrected chi connectivity index (χ1v) is 9.92. The van der Waals surface area contributed by atoms with Gasteiger partial charge in [-0.15, -0.1) is 0 Å². The molecule has 1 aliphatic carbocycles. The summed E-state index contributed by atoms with van der Waals surface area (Å²) in [5.41, 5.74) is 3.86. The van der Waals surface area contributed by atoms with Crippen molar-refractivity contribution in [2.24, 2.45) is 5.41 Å². The zero-order chi connectivity index (χ0) is 21.1. The van der Waals surface area contributed by atoms with Gasteiger partial charge < -0.3 is 19.7 Å². The summed E-state index contributed by atoms with van der Waals surface area (Å²) in [6.45, 7) is 10.4. The van der Waals surface area contributed by atoms with Gasteiger partial charge in [-0.05, 0) is 29.5 Å². The highest BCUT2D eigenvalue weighted by Gasteiger charge is 2.44. The second-order valence-electron chi connectivity index (χ2n) is 9.85. The van der Waals surface area contributed by atoms with Crippen LogP contribution in [0.15, 0.2) is 34.0 Å². The molecule has 0 amide bonds. The smallest absolute Gasteiger partial charge is 0.233 e. The number of Topliss-reactive ketones (excluding diaryl/α,β-unsaturated/α-hetero) is 1. The molecule has 154 valence electrons. The van der Waals surface area contributed by atoms with Gasteiger partial charge in [0, 0.05) is 29.0 Å².